The lowest BCUT2D eigenvalue weighted by Crippen LogP contribution is -2.02. The lowest BCUT2D eigenvalue weighted by Gasteiger charge is -2.12. The number of aryl methyl sites for hydroxylation is 3. The lowest BCUT2D eigenvalue weighted by molar-refractivity contribution is 0.0699. The highest BCUT2D eigenvalue weighted by Gasteiger charge is 2.16. The first-order valence-corrected chi connectivity index (χ1v) is 7.66. The van der Waals surface area contributed by atoms with Crippen molar-refractivity contribution >= 4 is 28.5 Å². The Morgan fingerprint density at radius 2 is 1.78 bits per heavy atom. The molecule has 0 radical (unpaired) electrons. The highest BCUT2D eigenvalue weighted by atomic mass is 35.5. The van der Waals surface area contributed by atoms with Gasteiger partial charge in [-0.15, -0.1) is 0 Å². The summed E-state index contributed by atoms with van der Waals surface area (Å²) in [6, 6.07) is 11.2. The largest absolute Gasteiger partial charge is 0.478 e. The van der Waals surface area contributed by atoms with Crippen molar-refractivity contribution in [3.63, 3.8) is 0 Å². The van der Waals surface area contributed by atoms with Crippen LogP contribution in [0.25, 0.3) is 22.2 Å². The molecule has 0 saturated carbocycles. The maximum Gasteiger partial charge on any atom is 0.336 e. The van der Waals surface area contributed by atoms with Crippen molar-refractivity contribution in [2.75, 3.05) is 0 Å². The summed E-state index contributed by atoms with van der Waals surface area (Å²) in [6.45, 7) is 5.89. The zero-order chi connectivity index (χ0) is 16.7. The van der Waals surface area contributed by atoms with Crippen molar-refractivity contribution in [3.8, 4) is 11.3 Å². The normalized spacial score (nSPS) is 11.0. The van der Waals surface area contributed by atoms with Gasteiger partial charge in [-0.1, -0.05) is 29.3 Å². The molecule has 0 atom stereocenters. The third-order valence-electron chi connectivity index (χ3n) is 3.97. The van der Waals surface area contributed by atoms with Crippen LogP contribution in [0.2, 0.25) is 5.02 Å². The third-order valence-corrected chi connectivity index (χ3v) is 4.19. The molecule has 116 valence electrons. The Morgan fingerprint density at radius 1 is 1.04 bits per heavy atom. The average molecular weight is 326 g/mol. The number of halogens is 1. The minimum atomic E-state index is -0.981. The summed E-state index contributed by atoms with van der Waals surface area (Å²) in [4.78, 5) is 16.4. The van der Waals surface area contributed by atoms with Crippen LogP contribution in [0.1, 0.15) is 27.0 Å². The van der Waals surface area contributed by atoms with Gasteiger partial charge in [-0.05, 0) is 56.2 Å². The second-order valence-corrected chi connectivity index (χ2v) is 6.23. The van der Waals surface area contributed by atoms with Crippen LogP contribution in [0.5, 0.6) is 0 Å². The molecule has 3 nitrogen and oxygen atoms in total. The van der Waals surface area contributed by atoms with Gasteiger partial charge in [0.1, 0.15) is 0 Å². The number of nitrogens with zero attached hydrogens (tertiary/aromatic N) is 1. The quantitative estimate of drug-likeness (QED) is 0.706. The summed E-state index contributed by atoms with van der Waals surface area (Å²) in [7, 11) is 0. The SMILES string of the molecule is Cc1ccc(C)c(-c2cc(C(=O)O)c3cc(Cl)cc(C)c3n2)c1. The Labute approximate surface area is 139 Å². The molecule has 0 aliphatic carbocycles. The molecule has 0 fully saturated rings. The smallest absolute Gasteiger partial charge is 0.336 e. The number of rotatable bonds is 2. The highest BCUT2D eigenvalue weighted by Crippen LogP contribution is 2.31. The maximum atomic E-state index is 11.7. The number of aromatic carboxylic acids is 1. The number of fused-ring (bicyclic) bond motifs is 1. The number of pyridine rings is 1. The van der Waals surface area contributed by atoms with E-state index in [1.54, 1.807) is 18.2 Å². The molecule has 23 heavy (non-hydrogen) atoms. The minimum absolute atomic E-state index is 0.219. The molecule has 1 N–H and O–H groups in total. The summed E-state index contributed by atoms with van der Waals surface area (Å²) < 4.78 is 0. The molecular weight excluding hydrogens is 310 g/mol. The Hall–Kier alpha value is -2.39. The van der Waals surface area contributed by atoms with E-state index in [0.717, 1.165) is 22.3 Å². The minimum Gasteiger partial charge on any atom is -0.478 e. The van der Waals surface area contributed by atoms with Gasteiger partial charge in [0.25, 0.3) is 0 Å². The van der Waals surface area contributed by atoms with E-state index in [2.05, 4.69) is 0 Å². The van der Waals surface area contributed by atoms with Gasteiger partial charge in [-0.25, -0.2) is 9.78 Å². The first-order valence-electron chi connectivity index (χ1n) is 7.28. The Kier molecular flexibility index (Phi) is 3.82. The van der Waals surface area contributed by atoms with Gasteiger partial charge < -0.3 is 5.11 Å². The predicted octanol–water partition coefficient (Wildman–Crippen LogP) is 5.18. The molecule has 0 unspecified atom stereocenters. The molecule has 3 aromatic rings. The van der Waals surface area contributed by atoms with E-state index < -0.39 is 5.97 Å². The molecule has 0 amide bonds. The van der Waals surface area contributed by atoms with E-state index in [9.17, 15) is 9.90 Å². The number of carboxylic acid groups (broad SMARTS) is 1. The van der Waals surface area contributed by atoms with Crippen LogP contribution in [-0.4, -0.2) is 16.1 Å². The van der Waals surface area contributed by atoms with Gasteiger partial charge >= 0.3 is 5.97 Å². The second kappa shape index (κ2) is 5.67. The van der Waals surface area contributed by atoms with E-state index in [1.165, 1.54) is 0 Å². The van der Waals surface area contributed by atoms with E-state index >= 15 is 0 Å². The molecule has 4 heteroatoms. The number of aromatic nitrogens is 1. The molecular formula is C19H16ClNO2. The summed E-state index contributed by atoms with van der Waals surface area (Å²) in [5.41, 5.74) is 5.54. The fraction of sp³-hybridized carbons (Fsp3) is 0.158. The Balaban J connectivity index is 2.40. The van der Waals surface area contributed by atoms with Crippen LogP contribution in [0.4, 0.5) is 0 Å². The molecule has 1 aromatic heterocycles. The second-order valence-electron chi connectivity index (χ2n) is 5.80. The maximum absolute atomic E-state index is 11.7. The number of hydrogen-bond donors (Lipinski definition) is 1. The zero-order valence-electron chi connectivity index (χ0n) is 13.1. The number of carboxylic acids is 1. The van der Waals surface area contributed by atoms with Crippen molar-refractivity contribution in [2.24, 2.45) is 0 Å². The van der Waals surface area contributed by atoms with E-state index in [1.807, 2.05) is 39.0 Å². The lowest BCUT2D eigenvalue weighted by atomic mass is 9.98. The van der Waals surface area contributed by atoms with Crippen LogP contribution in [-0.2, 0) is 0 Å². The fourth-order valence-electron chi connectivity index (χ4n) is 2.78. The summed E-state index contributed by atoms with van der Waals surface area (Å²) in [6.07, 6.45) is 0. The zero-order valence-corrected chi connectivity index (χ0v) is 13.9. The summed E-state index contributed by atoms with van der Waals surface area (Å²) >= 11 is 6.08. The standard InChI is InChI=1S/C19H16ClNO2/c1-10-4-5-11(2)14(6-10)17-9-16(19(22)23)15-8-13(20)7-12(3)18(15)21-17/h4-9H,1-3H3,(H,22,23). The molecule has 3 rings (SSSR count). The van der Waals surface area contributed by atoms with Gasteiger partial charge in [0.05, 0.1) is 16.8 Å². The molecule has 0 aliphatic heterocycles. The Morgan fingerprint density at radius 3 is 2.48 bits per heavy atom. The van der Waals surface area contributed by atoms with Gasteiger partial charge in [0.2, 0.25) is 0 Å². The number of carbonyl (C=O) groups is 1. The van der Waals surface area contributed by atoms with Crippen LogP contribution in [0.15, 0.2) is 36.4 Å². The first kappa shape index (κ1) is 15.5. The molecule has 2 aromatic carbocycles. The van der Waals surface area contributed by atoms with Crippen molar-refractivity contribution in [2.45, 2.75) is 20.8 Å². The molecule has 0 spiro atoms. The van der Waals surface area contributed by atoms with Crippen molar-refractivity contribution < 1.29 is 9.90 Å². The van der Waals surface area contributed by atoms with Gasteiger partial charge in [0, 0.05) is 16.0 Å². The van der Waals surface area contributed by atoms with Crippen molar-refractivity contribution in [1.29, 1.82) is 0 Å². The van der Waals surface area contributed by atoms with Gasteiger partial charge in [-0.3, -0.25) is 0 Å². The summed E-state index contributed by atoms with van der Waals surface area (Å²) in [5.74, 6) is -0.981. The third kappa shape index (κ3) is 2.80. The molecule has 0 aliphatic rings. The van der Waals surface area contributed by atoms with E-state index in [-0.39, 0.29) is 5.56 Å². The summed E-state index contributed by atoms with van der Waals surface area (Å²) in [5, 5.41) is 10.7. The number of hydrogen-bond acceptors (Lipinski definition) is 2. The average Bonchev–Trinajstić information content (AvgIpc) is 2.48. The van der Waals surface area contributed by atoms with Crippen molar-refractivity contribution in [1.82, 2.24) is 4.98 Å². The van der Waals surface area contributed by atoms with Crippen LogP contribution < -0.4 is 0 Å². The first-order chi connectivity index (χ1) is 10.9. The molecule has 1 heterocycles. The van der Waals surface area contributed by atoms with Crippen LogP contribution in [0.3, 0.4) is 0 Å². The fourth-order valence-corrected chi connectivity index (χ4v) is 3.06. The van der Waals surface area contributed by atoms with E-state index in [4.69, 9.17) is 16.6 Å². The van der Waals surface area contributed by atoms with E-state index in [0.29, 0.717) is 21.6 Å². The predicted molar refractivity (Wildman–Crippen MR) is 93.4 cm³/mol. The van der Waals surface area contributed by atoms with Crippen LogP contribution >= 0.6 is 11.6 Å². The van der Waals surface area contributed by atoms with Crippen LogP contribution in [0, 0.1) is 20.8 Å². The topological polar surface area (TPSA) is 50.2 Å². The highest BCUT2D eigenvalue weighted by molar-refractivity contribution is 6.31. The monoisotopic (exact) mass is 325 g/mol. The number of benzene rings is 2. The molecule has 0 bridgehead atoms. The van der Waals surface area contributed by atoms with Gasteiger partial charge in [-0.2, -0.15) is 0 Å². The Bertz CT molecular complexity index is 948. The van der Waals surface area contributed by atoms with Gasteiger partial charge in [0.15, 0.2) is 0 Å². The van der Waals surface area contributed by atoms with Crippen molar-refractivity contribution in [3.05, 3.63) is 63.7 Å². The molecule has 0 saturated heterocycles.